The minimum Gasteiger partial charge on any atom is -0.382 e. The van der Waals surface area contributed by atoms with Gasteiger partial charge >= 0.3 is 0 Å². The molecule has 0 unspecified atom stereocenters. The van der Waals surface area contributed by atoms with Gasteiger partial charge in [0.05, 0.1) is 0 Å². The molecular weight excluding hydrogens is 236 g/mol. The fourth-order valence-electron chi connectivity index (χ4n) is 1.60. The van der Waals surface area contributed by atoms with Crippen LogP contribution in [0.4, 0.5) is 5.82 Å². The number of nitrogen functional groups attached to an aromatic ring is 1. The number of fused-ring (bicyclic) bond motifs is 1. The molecule has 0 saturated heterocycles. The number of anilines is 1. The van der Waals surface area contributed by atoms with Gasteiger partial charge in [0.15, 0.2) is 23.0 Å². The Bertz CT molecular complexity index is 689. The first-order valence-corrected chi connectivity index (χ1v) is 5.19. The minimum atomic E-state index is 0.347. The van der Waals surface area contributed by atoms with Gasteiger partial charge in [-0.3, -0.25) is 0 Å². The van der Waals surface area contributed by atoms with Gasteiger partial charge in [0.25, 0.3) is 0 Å². The second-order valence-corrected chi connectivity index (χ2v) is 3.65. The van der Waals surface area contributed by atoms with Crippen LogP contribution in [0.2, 0.25) is 0 Å². The van der Waals surface area contributed by atoms with E-state index in [0.29, 0.717) is 40.9 Å². The van der Waals surface area contributed by atoms with Crippen molar-refractivity contribution in [2.24, 2.45) is 0 Å². The first kappa shape index (κ1) is 10.7. The Morgan fingerprint density at radius 2 is 2.33 bits per heavy atom. The molecule has 92 valence electrons. The number of imidazole rings is 1. The topological polar surface area (TPSA) is 116 Å². The molecule has 18 heavy (non-hydrogen) atoms. The van der Waals surface area contributed by atoms with Crippen molar-refractivity contribution in [3.05, 3.63) is 18.2 Å². The summed E-state index contributed by atoms with van der Waals surface area (Å²) in [7, 11) is 1.58. The summed E-state index contributed by atoms with van der Waals surface area (Å²) in [5.74, 6) is 1.50. The molecule has 0 fully saturated rings. The van der Waals surface area contributed by atoms with E-state index in [1.54, 1.807) is 13.2 Å². The highest BCUT2D eigenvalue weighted by atomic mass is 16.5. The van der Waals surface area contributed by atoms with E-state index in [0.717, 1.165) is 0 Å². The van der Waals surface area contributed by atoms with Gasteiger partial charge in [0.2, 0.25) is 0 Å². The number of hydrogen-bond donors (Lipinski definition) is 2. The number of methoxy groups -OCH3 is 1. The molecule has 8 nitrogen and oxygen atoms in total. The molecule has 3 heterocycles. The molecule has 0 aliphatic carbocycles. The molecule has 3 aromatic rings. The summed E-state index contributed by atoms with van der Waals surface area (Å²) < 4.78 is 10.0. The van der Waals surface area contributed by atoms with E-state index >= 15 is 0 Å². The molecule has 3 rings (SSSR count). The second-order valence-electron chi connectivity index (χ2n) is 3.65. The Kier molecular flexibility index (Phi) is 2.41. The van der Waals surface area contributed by atoms with Gasteiger partial charge in [-0.15, -0.1) is 0 Å². The largest absolute Gasteiger partial charge is 0.382 e. The zero-order valence-electron chi connectivity index (χ0n) is 9.54. The molecule has 0 spiro atoms. The van der Waals surface area contributed by atoms with E-state index in [9.17, 15) is 0 Å². The van der Waals surface area contributed by atoms with E-state index < -0.39 is 0 Å². The molecule has 3 N–H and O–H groups in total. The monoisotopic (exact) mass is 246 g/mol. The molecule has 0 aliphatic rings. The predicted molar refractivity (Wildman–Crippen MR) is 62.3 cm³/mol. The molecule has 0 saturated carbocycles. The maximum absolute atomic E-state index is 5.71. The Morgan fingerprint density at radius 1 is 1.44 bits per heavy atom. The standard InChI is InChI=1S/C10H10N6O2/c1-17-3-5-2-6(16-18-5)9-14-7-8(11)12-4-13-10(7)15-9/h2,4H,3H2,1H3,(H3,11,12,13,14,15). The lowest BCUT2D eigenvalue weighted by molar-refractivity contribution is 0.156. The van der Waals surface area contributed by atoms with Gasteiger partial charge in [-0.05, 0) is 0 Å². The molecule has 0 aliphatic heterocycles. The first-order valence-electron chi connectivity index (χ1n) is 5.19. The van der Waals surface area contributed by atoms with Crippen molar-refractivity contribution in [3.63, 3.8) is 0 Å². The van der Waals surface area contributed by atoms with E-state index in [1.165, 1.54) is 6.33 Å². The van der Waals surface area contributed by atoms with Crippen molar-refractivity contribution < 1.29 is 9.26 Å². The molecule has 3 aromatic heterocycles. The molecule has 0 bridgehead atoms. The molecule has 8 heteroatoms. The molecular formula is C10H10N6O2. The maximum Gasteiger partial charge on any atom is 0.183 e. The number of rotatable bonds is 3. The molecule has 0 aromatic carbocycles. The third-order valence-corrected chi connectivity index (χ3v) is 2.41. The van der Waals surface area contributed by atoms with Crippen LogP contribution in [-0.2, 0) is 11.3 Å². The summed E-state index contributed by atoms with van der Waals surface area (Å²) in [5, 5.41) is 3.89. The minimum absolute atomic E-state index is 0.347. The lowest BCUT2D eigenvalue weighted by atomic mass is 10.3. The van der Waals surface area contributed by atoms with Crippen molar-refractivity contribution >= 4 is 17.0 Å². The van der Waals surface area contributed by atoms with Crippen molar-refractivity contribution in [1.29, 1.82) is 0 Å². The number of nitrogens with one attached hydrogen (secondary N) is 1. The maximum atomic E-state index is 5.71. The van der Waals surface area contributed by atoms with Gasteiger partial charge in [0, 0.05) is 13.2 Å². The number of aromatic amines is 1. The van der Waals surface area contributed by atoms with Crippen LogP contribution >= 0.6 is 0 Å². The summed E-state index contributed by atoms with van der Waals surface area (Å²) in [6.07, 6.45) is 1.36. The zero-order chi connectivity index (χ0) is 12.5. The summed E-state index contributed by atoms with van der Waals surface area (Å²) >= 11 is 0. The first-order chi connectivity index (χ1) is 8.78. The molecule has 0 radical (unpaired) electrons. The number of ether oxygens (including phenoxy) is 1. The average Bonchev–Trinajstić information content (AvgIpc) is 2.96. The predicted octanol–water partition coefficient (Wildman–Crippen LogP) is 0.736. The van der Waals surface area contributed by atoms with Crippen LogP contribution in [0.25, 0.3) is 22.7 Å². The van der Waals surface area contributed by atoms with Crippen LogP contribution in [0.1, 0.15) is 5.76 Å². The van der Waals surface area contributed by atoms with E-state index in [4.69, 9.17) is 15.0 Å². The van der Waals surface area contributed by atoms with Gasteiger partial charge in [-0.2, -0.15) is 0 Å². The third-order valence-electron chi connectivity index (χ3n) is 2.41. The van der Waals surface area contributed by atoms with Crippen molar-refractivity contribution in [2.45, 2.75) is 6.61 Å². The summed E-state index contributed by atoms with van der Waals surface area (Å²) in [6, 6.07) is 1.74. The average molecular weight is 246 g/mol. The lowest BCUT2D eigenvalue weighted by Crippen LogP contribution is -1.91. The second kappa shape index (κ2) is 4.08. The van der Waals surface area contributed by atoms with Crippen molar-refractivity contribution in [2.75, 3.05) is 12.8 Å². The van der Waals surface area contributed by atoms with Crippen LogP contribution < -0.4 is 5.73 Å². The Morgan fingerprint density at radius 3 is 3.11 bits per heavy atom. The highest BCUT2D eigenvalue weighted by molar-refractivity contribution is 5.83. The highest BCUT2D eigenvalue weighted by Crippen LogP contribution is 2.21. The fraction of sp³-hybridized carbons (Fsp3) is 0.200. The van der Waals surface area contributed by atoms with E-state index in [1.807, 2.05) is 0 Å². The number of H-pyrrole nitrogens is 1. The quantitative estimate of drug-likeness (QED) is 0.699. The Hall–Kier alpha value is -2.48. The van der Waals surface area contributed by atoms with Crippen LogP contribution in [0, 0.1) is 0 Å². The summed E-state index contributed by atoms with van der Waals surface area (Å²) in [4.78, 5) is 15.2. The Labute approximate surface area is 101 Å². The van der Waals surface area contributed by atoms with E-state index in [2.05, 4.69) is 25.1 Å². The molecule has 0 amide bonds. The molecule has 0 atom stereocenters. The zero-order valence-corrected chi connectivity index (χ0v) is 9.54. The lowest BCUT2D eigenvalue weighted by Gasteiger charge is -1.89. The summed E-state index contributed by atoms with van der Waals surface area (Å²) in [6.45, 7) is 0.356. The van der Waals surface area contributed by atoms with Gasteiger partial charge < -0.3 is 20.0 Å². The van der Waals surface area contributed by atoms with Crippen LogP contribution in [0.15, 0.2) is 16.9 Å². The SMILES string of the molecule is COCc1cc(-c2nc3ncnc(N)c3[nH]2)no1. The van der Waals surface area contributed by atoms with Crippen molar-refractivity contribution in [3.8, 4) is 11.5 Å². The van der Waals surface area contributed by atoms with Gasteiger partial charge in [0.1, 0.15) is 24.1 Å². The smallest absolute Gasteiger partial charge is 0.183 e. The van der Waals surface area contributed by atoms with E-state index in [-0.39, 0.29) is 0 Å². The van der Waals surface area contributed by atoms with Crippen LogP contribution in [-0.4, -0.2) is 32.2 Å². The third kappa shape index (κ3) is 1.68. The highest BCUT2D eigenvalue weighted by Gasteiger charge is 2.13. The number of nitrogens with zero attached hydrogens (tertiary/aromatic N) is 4. The van der Waals surface area contributed by atoms with Gasteiger partial charge in [-0.1, -0.05) is 5.16 Å². The van der Waals surface area contributed by atoms with Crippen LogP contribution in [0.3, 0.4) is 0 Å². The fourth-order valence-corrected chi connectivity index (χ4v) is 1.60. The number of aromatic nitrogens is 5. The summed E-state index contributed by atoms with van der Waals surface area (Å²) in [5.41, 5.74) is 7.36. The number of nitrogens with two attached hydrogens (primary N) is 1. The van der Waals surface area contributed by atoms with Crippen molar-refractivity contribution in [1.82, 2.24) is 25.1 Å². The Balaban J connectivity index is 2.05. The normalized spacial score (nSPS) is 11.2. The van der Waals surface area contributed by atoms with Gasteiger partial charge in [-0.25, -0.2) is 15.0 Å². The van der Waals surface area contributed by atoms with Crippen LogP contribution in [0.5, 0.6) is 0 Å². The number of hydrogen-bond acceptors (Lipinski definition) is 7.